The van der Waals surface area contributed by atoms with Crippen molar-refractivity contribution in [1.29, 1.82) is 0 Å². The van der Waals surface area contributed by atoms with Crippen molar-refractivity contribution >= 4 is 11.8 Å². The third kappa shape index (κ3) is 5.32. The summed E-state index contributed by atoms with van der Waals surface area (Å²) in [5.74, 6) is 0.568. The van der Waals surface area contributed by atoms with Crippen molar-refractivity contribution in [2.24, 2.45) is 11.8 Å². The molecule has 27 heavy (non-hydrogen) atoms. The molecule has 2 aromatic rings. The highest BCUT2D eigenvalue weighted by molar-refractivity contribution is 5.92. The topological polar surface area (TPSA) is 96.9 Å². The number of nitrogens with one attached hydrogen (secondary N) is 2. The third-order valence-electron chi connectivity index (χ3n) is 5.09. The first-order valence-electron chi connectivity index (χ1n) is 9.35. The lowest BCUT2D eigenvalue weighted by atomic mass is 9.77. The minimum Gasteiger partial charge on any atom is -0.356 e. The molecule has 0 unspecified atom stereocenters. The molecule has 2 N–H and O–H groups in total. The summed E-state index contributed by atoms with van der Waals surface area (Å²) in [5, 5.41) is 6.02. The molecule has 2 heterocycles. The number of pyridine rings is 1. The number of hydrogen-bond acceptors (Lipinski definition) is 5. The van der Waals surface area contributed by atoms with E-state index in [2.05, 4.69) is 25.6 Å². The maximum Gasteiger partial charge on any atom is 0.272 e. The zero-order valence-electron chi connectivity index (χ0n) is 15.5. The molecule has 1 aliphatic rings. The Hall–Kier alpha value is -2.83. The van der Waals surface area contributed by atoms with Gasteiger partial charge in [-0.3, -0.25) is 19.6 Å². The van der Waals surface area contributed by atoms with Crippen LogP contribution in [0, 0.1) is 11.8 Å². The lowest BCUT2D eigenvalue weighted by molar-refractivity contribution is -0.119. The van der Waals surface area contributed by atoms with Gasteiger partial charge < -0.3 is 10.6 Å². The standard InChI is InChI=1S/C20H25N5O2/c1-14(26)24-12-15-5-7-16(8-6-15)19(17-4-2-3-9-22-17)25-20(27)18-13-21-10-11-23-18/h2-4,9-11,13,15-16,19H,5-8,12H2,1H3,(H,24,26)(H,25,27)/t15?,16?,19-/m0/s1. The second-order valence-electron chi connectivity index (χ2n) is 7.01. The van der Waals surface area contributed by atoms with Crippen molar-refractivity contribution in [1.82, 2.24) is 25.6 Å². The molecule has 0 bridgehead atoms. The van der Waals surface area contributed by atoms with Gasteiger partial charge in [-0.2, -0.15) is 0 Å². The van der Waals surface area contributed by atoms with Gasteiger partial charge >= 0.3 is 0 Å². The van der Waals surface area contributed by atoms with Gasteiger partial charge in [0.05, 0.1) is 17.9 Å². The van der Waals surface area contributed by atoms with Crippen LogP contribution in [0.2, 0.25) is 0 Å². The van der Waals surface area contributed by atoms with E-state index in [1.54, 1.807) is 19.3 Å². The van der Waals surface area contributed by atoms with Gasteiger partial charge in [-0.1, -0.05) is 6.07 Å². The van der Waals surface area contributed by atoms with Crippen LogP contribution in [0.25, 0.3) is 0 Å². The molecule has 1 fully saturated rings. The Bertz CT molecular complexity index is 745. The number of amides is 2. The van der Waals surface area contributed by atoms with E-state index in [9.17, 15) is 9.59 Å². The number of rotatable bonds is 6. The van der Waals surface area contributed by atoms with Crippen LogP contribution in [0.15, 0.2) is 43.0 Å². The third-order valence-corrected chi connectivity index (χ3v) is 5.09. The lowest BCUT2D eigenvalue weighted by Crippen LogP contribution is -2.37. The van der Waals surface area contributed by atoms with E-state index < -0.39 is 0 Å². The number of carbonyl (C=O) groups is 2. The van der Waals surface area contributed by atoms with Gasteiger partial charge in [-0.15, -0.1) is 0 Å². The summed E-state index contributed by atoms with van der Waals surface area (Å²) >= 11 is 0. The van der Waals surface area contributed by atoms with Crippen molar-refractivity contribution in [2.75, 3.05) is 6.54 Å². The summed E-state index contributed by atoms with van der Waals surface area (Å²) in [4.78, 5) is 36.3. The highest BCUT2D eigenvalue weighted by Gasteiger charge is 2.31. The first-order valence-corrected chi connectivity index (χ1v) is 9.35. The molecule has 3 rings (SSSR count). The first kappa shape index (κ1) is 18.9. The van der Waals surface area contributed by atoms with Gasteiger partial charge in [0.1, 0.15) is 5.69 Å². The summed E-state index contributed by atoms with van der Waals surface area (Å²) in [7, 11) is 0. The number of nitrogens with zero attached hydrogens (tertiary/aromatic N) is 3. The van der Waals surface area contributed by atoms with Crippen molar-refractivity contribution in [3.8, 4) is 0 Å². The molecule has 2 amide bonds. The smallest absolute Gasteiger partial charge is 0.272 e. The number of carbonyl (C=O) groups excluding carboxylic acids is 2. The van der Waals surface area contributed by atoms with Crippen LogP contribution in [0.1, 0.15) is 54.8 Å². The molecule has 0 radical (unpaired) electrons. The summed E-state index contributed by atoms with van der Waals surface area (Å²) < 4.78 is 0. The molecule has 0 aliphatic heterocycles. The average molecular weight is 367 g/mol. The van der Waals surface area contributed by atoms with E-state index in [-0.39, 0.29) is 17.9 Å². The second kappa shape index (κ2) is 9.21. The lowest BCUT2D eigenvalue weighted by Gasteiger charge is -2.34. The van der Waals surface area contributed by atoms with E-state index in [0.29, 0.717) is 17.5 Å². The number of aromatic nitrogens is 3. The molecule has 7 heteroatoms. The van der Waals surface area contributed by atoms with Gasteiger partial charge in [-0.05, 0) is 49.7 Å². The molecule has 142 valence electrons. The maximum atomic E-state index is 12.6. The summed E-state index contributed by atoms with van der Waals surface area (Å²) in [6.45, 7) is 2.27. The highest BCUT2D eigenvalue weighted by Crippen LogP contribution is 2.36. The molecule has 0 saturated heterocycles. The van der Waals surface area contributed by atoms with Crippen LogP contribution in [-0.4, -0.2) is 33.3 Å². The van der Waals surface area contributed by atoms with Gasteiger partial charge in [0.15, 0.2) is 0 Å². The fraction of sp³-hybridized carbons (Fsp3) is 0.450. The van der Waals surface area contributed by atoms with Crippen LogP contribution in [0.4, 0.5) is 0 Å². The van der Waals surface area contributed by atoms with E-state index in [4.69, 9.17) is 0 Å². The normalized spacial score (nSPS) is 20.5. The van der Waals surface area contributed by atoms with Gasteiger partial charge in [-0.25, -0.2) is 4.98 Å². The molecule has 7 nitrogen and oxygen atoms in total. The SMILES string of the molecule is CC(=O)NCC1CCC([C@H](NC(=O)c2cnccn2)c2ccccn2)CC1. The van der Waals surface area contributed by atoms with Gasteiger partial charge in [0.25, 0.3) is 5.91 Å². The second-order valence-corrected chi connectivity index (χ2v) is 7.01. The summed E-state index contributed by atoms with van der Waals surface area (Å²) in [6, 6.07) is 5.59. The Morgan fingerprint density at radius 3 is 2.56 bits per heavy atom. The van der Waals surface area contributed by atoms with Crippen LogP contribution in [0.3, 0.4) is 0 Å². The Morgan fingerprint density at radius 1 is 1.11 bits per heavy atom. The molecule has 1 atom stereocenters. The highest BCUT2D eigenvalue weighted by atomic mass is 16.2. The summed E-state index contributed by atoms with van der Waals surface area (Å²) in [6.07, 6.45) is 10.3. The zero-order chi connectivity index (χ0) is 19.1. The Kier molecular flexibility index (Phi) is 6.46. The molecule has 1 aliphatic carbocycles. The van der Waals surface area contributed by atoms with Gasteiger partial charge in [0, 0.05) is 32.1 Å². The van der Waals surface area contributed by atoms with Crippen molar-refractivity contribution < 1.29 is 9.59 Å². The van der Waals surface area contributed by atoms with Crippen LogP contribution in [0.5, 0.6) is 0 Å². The quantitative estimate of drug-likeness (QED) is 0.816. The fourth-order valence-electron chi connectivity index (χ4n) is 3.64. The van der Waals surface area contributed by atoms with E-state index in [1.165, 1.54) is 12.4 Å². The van der Waals surface area contributed by atoms with E-state index in [0.717, 1.165) is 37.9 Å². The first-order chi connectivity index (χ1) is 13.1. The molecule has 2 aromatic heterocycles. The minimum absolute atomic E-state index is 0.0136. The van der Waals surface area contributed by atoms with Crippen LogP contribution in [-0.2, 0) is 4.79 Å². The average Bonchev–Trinajstić information content (AvgIpc) is 2.72. The Balaban J connectivity index is 1.68. The molecular formula is C20H25N5O2. The van der Waals surface area contributed by atoms with Crippen molar-refractivity contribution in [3.63, 3.8) is 0 Å². The molecule has 0 spiro atoms. The molecule has 0 aromatic carbocycles. The van der Waals surface area contributed by atoms with Crippen LogP contribution >= 0.6 is 0 Å². The largest absolute Gasteiger partial charge is 0.356 e. The summed E-state index contributed by atoms with van der Waals surface area (Å²) in [5.41, 5.74) is 1.16. The molecule has 1 saturated carbocycles. The van der Waals surface area contributed by atoms with Crippen molar-refractivity contribution in [2.45, 2.75) is 38.6 Å². The molecular weight excluding hydrogens is 342 g/mol. The fourth-order valence-corrected chi connectivity index (χ4v) is 3.64. The van der Waals surface area contributed by atoms with E-state index >= 15 is 0 Å². The van der Waals surface area contributed by atoms with Gasteiger partial charge in [0.2, 0.25) is 5.91 Å². The van der Waals surface area contributed by atoms with Crippen molar-refractivity contribution in [3.05, 3.63) is 54.4 Å². The Morgan fingerprint density at radius 2 is 1.93 bits per heavy atom. The zero-order valence-corrected chi connectivity index (χ0v) is 15.5. The predicted octanol–water partition coefficient (Wildman–Crippen LogP) is 2.29. The number of hydrogen-bond donors (Lipinski definition) is 2. The van der Waals surface area contributed by atoms with Crippen LogP contribution < -0.4 is 10.6 Å². The predicted molar refractivity (Wildman–Crippen MR) is 101 cm³/mol. The van der Waals surface area contributed by atoms with E-state index in [1.807, 2.05) is 18.2 Å². The Labute approximate surface area is 159 Å². The minimum atomic E-state index is -0.237. The maximum absolute atomic E-state index is 12.6. The monoisotopic (exact) mass is 367 g/mol.